The maximum Gasteiger partial charge on any atom is 0.0198 e. The third kappa shape index (κ3) is 2.14. The molecule has 3 aliphatic rings. The fourth-order valence-corrected chi connectivity index (χ4v) is 4.08. The van der Waals surface area contributed by atoms with Crippen LogP contribution >= 0.6 is 0 Å². The Hall–Kier alpha value is -0.0800. The standard InChI is InChI=1S/C14H26N2/c1-11(12-4-2-3-5-12)16-9-8-13-6-7-14(10-16)15-13/h11-15H,2-10H2,1H3. The lowest BCUT2D eigenvalue weighted by Crippen LogP contribution is -2.43. The van der Waals surface area contributed by atoms with Gasteiger partial charge in [-0.15, -0.1) is 0 Å². The molecule has 0 spiro atoms. The van der Waals surface area contributed by atoms with Gasteiger partial charge in [0.05, 0.1) is 0 Å². The van der Waals surface area contributed by atoms with Gasteiger partial charge in [0.15, 0.2) is 0 Å². The van der Waals surface area contributed by atoms with Crippen LogP contribution in [-0.4, -0.2) is 36.1 Å². The Bertz CT molecular complexity index is 235. The first kappa shape index (κ1) is 11.0. The van der Waals surface area contributed by atoms with E-state index in [1.807, 2.05) is 0 Å². The van der Waals surface area contributed by atoms with Crippen LogP contribution in [0.4, 0.5) is 0 Å². The van der Waals surface area contributed by atoms with Gasteiger partial charge < -0.3 is 5.32 Å². The minimum absolute atomic E-state index is 0.802. The summed E-state index contributed by atoms with van der Waals surface area (Å²) >= 11 is 0. The molecule has 3 atom stereocenters. The first-order chi connectivity index (χ1) is 7.83. The molecule has 3 unspecified atom stereocenters. The lowest BCUT2D eigenvalue weighted by Gasteiger charge is -2.34. The van der Waals surface area contributed by atoms with Crippen LogP contribution in [-0.2, 0) is 0 Å². The van der Waals surface area contributed by atoms with Gasteiger partial charge in [-0.25, -0.2) is 0 Å². The Kier molecular flexibility index (Phi) is 3.21. The van der Waals surface area contributed by atoms with E-state index in [1.165, 1.54) is 58.0 Å². The Labute approximate surface area is 99.8 Å². The Balaban J connectivity index is 1.61. The summed E-state index contributed by atoms with van der Waals surface area (Å²) in [6.45, 7) is 5.13. The van der Waals surface area contributed by atoms with Crippen molar-refractivity contribution in [3.63, 3.8) is 0 Å². The molecule has 0 aromatic heterocycles. The number of nitrogens with zero attached hydrogens (tertiary/aromatic N) is 1. The summed E-state index contributed by atoms with van der Waals surface area (Å²) in [5, 5.41) is 3.79. The average Bonchev–Trinajstić information content (AvgIpc) is 2.87. The van der Waals surface area contributed by atoms with E-state index in [0.717, 1.165) is 24.0 Å². The molecule has 2 heterocycles. The minimum atomic E-state index is 0.802. The highest BCUT2D eigenvalue weighted by atomic mass is 15.2. The molecule has 2 aliphatic heterocycles. The van der Waals surface area contributed by atoms with E-state index >= 15 is 0 Å². The van der Waals surface area contributed by atoms with E-state index in [9.17, 15) is 0 Å². The Morgan fingerprint density at radius 3 is 2.56 bits per heavy atom. The zero-order valence-corrected chi connectivity index (χ0v) is 10.6. The van der Waals surface area contributed by atoms with Gasteiger partial charge in [0.25, 0.3) is 0 Å². The highest BCUT2D eigenvalue weighted by molar-refractivity contribution is 4.92. The first-order valence-corrected chi connectivity index (χ1v) is 7.33. The molecule has 3 fully saturated rings. The molecule has 1 aliphatic carbocycles. The molecule has 2 heteroatoms. The van der Waals surface area contributed by atoms with E-state index in [-0.39, 0.29) is 0 Å². The molecule has 0 amide bonds. The molecule has 3 rings (SSSR count). The van der Waals surface area contributed by atoms with Gasteiger partial charge in [-0.3, -0.25) is 4.90 Å². The summed E-state index contributed by atoms with van der Waals surface area (Å²) < 4.78 is 0. The number of hydrogen-bond acceptors (Lipinski definition) is 2. The van der Waals surface area contributed by atoms with Crippen molar-refractivity contribution < 1.29 is 0 Å². The molecule has 0 radical (unpaired) electrons. The quantitative estimate of drug-likeness (QED) is 0.772. The lowest BCUT2D eigenvalue weighted by molar-refractivity contribution is 0.148. The van der Waals surface area contributed by atoms with Crippen molar-refractivity contribution in [3.8, 4) is 0 Å². The van der Waals surface area contributed by atoms with Crippen LogP contribution in [0.5, 0.6) is 0 Å². The highest BCUT2D eigenvalue weighted by Gasteiger charge is 2.33. The van der Waals surface area contributed by atoms with Crippen molar-refractivity contribution in [3.05, 3.63) is 0 Å². The van der Waals surface area contributed by atoms with Gasteiger partial charge in [0.2, 0.25) is 0 Å². The number of rotatable bonds is 2. The number of fused-ring (bicyclic) bond motifs is 2. The van der Waals surface area contributed by atoms with E-state index in [4.69, 9.17) is 0 Å². The van der Waals surface area contributed by atoms with Crippen LogP contribution in [0.3, 0.4) is 0 Å². The predicted octanol–water partition coefficient (Wildman–Crippen LogP) is 2.39. The van der Waals surface area contributed by atoms with Gasteiger partial charge in [-0.2, -0.15) is 0 Å². The predicted molar refractivity (Wildman–Crippen MR) is 67.6 cm³/mol. The molecular formula is C14H26N2. The maximum atomic E-state index is 3.79. The Morgan fingerprint density at radius 1 is 1.00 bits per heavy atom. The maximum absolute atomic E-state index is 3.79. The summed E-state index contributed by atoms with van der Waals surface area (Å²) in [4.78, 5) is 2.78. The zero-order chi connectivity index (χ0) is 11.0. The zero-order valence-electron chi connectivity index (χ0n) is 10.6. The fourth-order valence-electron chi connectivity index (χ4n) is 4.08. The van der Waals surface area contributed by atoms with Crippen LogP contribution in [0.2, 0.25) is 0 Å². The van der Waals surface area contributed by atoms with E-state index in [1.54, 1.807) is 0 Å². The van der Waals surface area contributed by atoms with Crippen LogP contribution < -0.4 is 5.32 Å². The van der Waals surface area contributed by atoms with Crippen LogP contribution in [0.1, 0.15) is 51.9 Å². The van der Waals surface area contributed by atoms with Crippen LogP contribution in [0, 0.1) is 5.92 Å². The van der Waals surface area contributed by atoms with Crippen molar-refractivity contribution in [2.45, 2.75) is 70.0 Å². The molecule has 16 heavy (non-hydrogen) atoms. The van der Waals surface area contributed by atoms with E-state index in [2.05, 4.69) is 17.1 Å². The van der Waals surface area contributed by atoms with Gasteiger partial charge in [0, 0.05) is 24.7 Å². The van der Waals surface area contributed by atoms with Crippen LogP contribution in [0.25, 0.3) is 0 Å². The van der Waals surface area contributed by atoms with Crippen molar-refractivity contribution in [1.29, 1.82) is 0 Å². The van der Waals surface area contributed by atoms with Gasteiger partial charge in [-0.05, 0) is 51.5 Å². The Morgan fingerprint density at radius 2 is 1.75 bits per heavy atom. The second-order valence-electron chi connectivity index (χ2n) is 6.21. The SMILES string of the molecule is CC(C1CCCC1)N1CCC2CCC(C1)N2. The molecule has 1 saturated carbocycles. The van der Waals surface area contributed by atoms with Crippen molar-refractivity contribution in [2.24, 2.45) is 5.92 Å². The molecular weight excluding hydrogens is 196 g/mol. The van der Waals surface area contributed by atoms with Gasteiger partial charge in [-0.1, -0.05) is 12.8 Å². The average molecular weight is 222 g/mol. The monoisotopic (exact) mass is 222 g/mol. The first-order valence-electron chi connectivity index (χ1n) is 7.33. The summed E-state index contributed by atoms with van der Waals surface area (Å²) in [6, 6.07) is 2.48. The fraction of sp³-hybridized carbons (Fsp3) is 1.00. The lowest BCUT2D eigenvalue weighted by atomic mass is 9.96. The number of hydrogen-bond donors (Lipinski definition) is 1. The molecule has 2 bridgehead atoms. The smallest absolute Gasteiger partial charge is 0.0198 e. The number of nitrogens with one attached hydrogen (secondary N) is 1. The van der Waals surface area contributed by atoms with Crippen molar-refractivity contribution >= 4 is 0 Å². The van der Waals surface area contributed by atoms with Gasteiger partial charge in [0.1, 0.15) is 0 Å². The molecule has 92 valence electrons. The van der Waals surface area contributed by atoms with E-state index < -0.39 is 0 Å². The summed E-state index contributed by atoms with van der Waals surface area (Å²) in [5.74, 6) is 0.997. The summed E-state index contributed by atoms with van der Waals surface area (Å²) in [7, 11) is 0. The molecule has 2 nitrogen and oxygen atoms in total. The summed E-state index contributed by atoms with van der Waals surface area (Å²) in [5.41, 5.74) is 0. The van der Waals surface area contributed by atoms with Crippen molar-refractivity contribution in [2.75, 3.05) is 13.1 Å². The molecule has 1 N–H and O–H groups in total. The topological polar surface area (TPSA) is 15.3 Å². The second-order valence-corrected chi connectivity index (χ2v) is 6.21. The molecule has 0 aromatic carbocycles. The normalized spacial score (nSPS) is 38.8. The largest absolute Gasteiger partial charge is 0.310 e. The van der Waals surface area contributed by atoms with Crippen LogP contribution in [0.15, 0.2) is 0 Å². The van der Waals surface area contributed by atoms with Crippen molar-refractivity contribution in [1.82, 2.24) is 10.2 Å². The molecule has 0 aromatic rings. The second kappa shape index (κ2) is 4.66. The third-order valence-electron chi connectivity index (χ3n) is 5.21. The highest BCUT2D eigenvalue weighted by Crippen LogP contribution is 2.32. The number of likely N-dealkylation sites (tertiary alicyclic amines) is 1. The van der Waals surface area contributed by atoms with E-state index in [0.29, 0.717) is 0 Å². The molecule has 2 saturated heterocycles. The minimum Gasteiger partial charge on any atom is -0.310 e. The third-order valence-corrected chi connectivity index (χ3v) is 5.21. The summed E-state index contributed by atoms with van der Waals surface area (Å²) in [6.07, 6.45) is 10.2. The van der Waals surface area contributed by atoms with Gasteiger partial charge >= 0.3 is 0 Å².